The van der Waals surface area contributed by atoms with Gasteiger partial charge in [0.1, 0.15) is 0 Å². The fourth-order valence-electron chi connectivity index (χ4n) is 1.82. The Hall–Kier alpha value is -0.670. The summed E-state index contributed by atoms with van der Waals surface area (Å²) in [6.45, 7) is 1.54. The molecule has 0 aromatic rings. The lowest BCUT2D eigenvalue weighted by Gasteiger charge is -2.37. The highest BCUT2D eigenvalue weighted by molar-refractivity contribution is 5.91. The Balaban J connectivity index is 2.09. The van der Waals surface area contributed by atoms with Gasteiger partial charge in [-0.3, -0.25) is 10.1 Å². The van der Waals surface area contributed by atoms with Crippen LogP contribution in [0.4, 0.5) is 0 Å². The molecule has 1 aliphatic heterocycles. The second-order valence-corrected chi connectivity index (χ2v) is 3.47. The van der Waals surface area contributed by atoms with E-state index < -0.39 is 0 Å². The van der Waals surface area contributed by atoms with Gasteiger partial charge in [0.15, 0.2) is 5.78 Å². The van der Waals surface area contributed by atoms with E-state index in [1.807, 2.05) is 6.08 Å². The molecule has 0 amide bonds. The molecule has 1 spiro atoms. The van der Waals surface area contributed by atoms with Gasteiger partial charge in [0.05, 0.1) is 12.3 Å². The zero-order chi connectivity index (χ0) is 8.44. The summed E-state index contributed by atoms with van der Waals surface area (Å²) in [4.78, 5) is 11.1. The molecule has 0 radical (unpaired) electrons. The van der Waals surface area contributed by atoms with Gasteiger partial charge >= 0.3 is 0 Å². The third-order valence-electron chi connectivity index (χ3n) is 2.53. The van der Waals surface area contributed by atoms with Crippen molar-refractivity contribution >= 4 is 5.78 Å². The van der Waals surface area contributed by atoms with Crippen LogP contribution in [0.15, 0.2) is 12.2 Å². The van der Waals surface area contributed by atoms with E-state index in [0.717, 1.165) is 19.4 Å². The van der Waals surface area contributed by atoms with E-state index in [2.05, 4.69) is 5.32 Å². The van der Waals surface area contributed by atoms with Gasteiger partial charge in [-0.15, -0.1) is 0 Å². The average molecular weight is 167 g/mol. The molecule has 66 valence electrons. The van der Waals surface area contributed by atoms with Gasteiger partial charge in [-0.1, -0.05) is 6.08 Å². The fraction of sp³-hybridized carbons (Fsp3) is 0.667. The lowest BCUT2D eigenvalue weighted by molar-refractivity contribution is -0.130. The van der Waals surface area contributed by atoms with E-state index in [4.69, 9.17) is 4.74 Å². The van der Waals surface area contributed by atoms with Crippen molar-refractivity contribution in [2.45, 2.75) is 24.9 Å². The molecule has 3 nitrogen and oxygen atoms in total. The largest absolute Gasteiger partial charge is 0.359 e. The topological polar surface area (TPSA) is 38.3 Å². The fourth-order valence-corrected chi connectivity index (χ4v) is 1.82. The van der Waals surface area contributed by atoms with E-state index in [9.17, 15) is 4.79 Å². The maximum atomic E-state index is 11.1. The van der Waals surface area contributed by atoms with Crippen LogP contribution in [-0.2, 0) is 9.53 Å². The number of hydrogen-bond acceptors (Lipinski definition) is 3. The van der Waals surface area contributed by atoms with Gasteiger partial charge in [-0.2, -0.15) is 0 Å². The van der Waals surface area contributed by atoms with E-state index in [1.54, 1.807) is 6.08 Å². The first-order chi connectivity index (χ1) is 5.81. The van der Waals surface area contributed by atoms with Crippen LogP contribution in [0.25, 0.3) is 0 Å². The predicted octanol–water partition coefficient (Wildman–Crippen LogP) is 0.612. The number of allylic oxidation sites excluding steroid dienone is 1. The summed E-state index contributed by atoms with van der Waals surface area (Å²) in [6, 6.07) is 0. The second-order valence-electron chi connectivity index (χ2n) is 3.47. The van der Waals surface area contributed by atoms with Crippen molar-refractivity contribution in [1.82, 2.24) is 5.32 Å². The first-order valence-electron chi connectivity index (χ1n) is 4.35. The highest BCUT2D eigenvalue weighted by atomic mass is 16.5. The highest BCUT2D eigenvalue weighted by Gasteiger charge is 2.35. The second kappa shape index (κ2) is 2.99. The number of hydrogen-bond donors (Lipinski definition) is 1. The number of ketones is 1. The first kappa shape index (κ1) is 7.95. The molecule has 1 aliphatic carbocycles. The van der Waals surface area contributed by atoms with Gasteiger partial charge in [0, 0.05) is 6.42 Å². The van der Waals surface area contributed by atoms with E-state index >= 15 is 0 Å². The first-order valence-corrected chi connectivity index (χ1v) is 4.35. The summed E-state index contributed by atoms with van der Waals surface area (Å²) in [5.41, 5.74) is -0.170. The molecule has 2 rings (SSSR count). The van der Waals surface area contributed by atoms with E-state index in [1.165, 1.54) is 0 Å². The highest BCUT2D eigenvalue weighted by Crippen LogP contribution is 2.30. The van der Waals surface area contributed by atoms with E-state index in [0.29, 0.717) is 13.2 Å². The molecule has 1 N–H and O–H groups in total. The molecule has 1 unspecified atom stereocenters. The molecule has 1 atom stereocenters. The number of ether oxygens (including phenoxy) is 1. The molecule has 3 heteroatoms. The number of carbonyl (C=O) groups is 1. The third-order valence-corrected chi connectivity index (χ3v) is 2.53. The van der Waals surface area contributed by atoms with Crippen molar-refractivity contribution in [2.75, 3.05) is 13.3 Å². The molecule has 1 fully saturated rings. The van der Waals surface area contributed by atoms with E-state index in [-0.39, 0.29) is 11.4 Å². The molecule has 0 bridgehead atoms. The molecule has 0 aromatic heterocycles. The Morgan fingerprint density at radius 1 is 1.58 bits per heavy atom. The SMILES string of the molecule is O=C1C=CCC2(CCNCO2)C1. The summed E-state index contributed by atoms with van der Waals surface area (Å²) in [6.07, 6.45) is 5.99. The van der Waals surface area contributed by atoms with Gasteiger partial charge < -0.3 is 4.74 Å². The van der Waals surface area contributed by atoms with Crippen molar-refractivity contribution in [3.8, 4) is 0 Å². The van der Waals surface area contributed by atoms with Crippen molar-refractivity contribution in [3.05, 3.63) is 12.2 Å². The minimum atomic E-state index is -0.170. The Bertz CT molecular complexity index is 217. The van der Waals surface area contributed by atoms with Crippen LogP contribution in [0.2, 0.25) is 0 Å². The average Bonchev–Trinajstić information content (AvgIpc) is 2.05. The van der Waals surface area contributed by atoms with Gasteiger partial charge in [-0.25, -0.2) is 0 Å². The minimum Gasteiger partial charge on any atom is -0.359 e. The summed E-state index contributed by atoms with van der Waals surface area (Å²) in [5, 5.41) is 3.11. The molecular formula is C9H13NO2. The maximum Gasteiger partial charge on any atom is 0.158 e. The van der Waals surface area contributed by atoms with Crippen LogP contribution in [0, 0.1) is 0 Å². The molecule has 1 heterocycles. The van der Waals surface area contributed by atoms with Gasteiger partial charge in [-0.05, 0) is 25.5 Å². The monoisotopic (exact) mass is 167 g/mol. The summed E-state index contributed by atoms with van der Waals surface area (Å²) in [5.74, 6) is 0.197. The Morgan fingerprint density at radius 2 is 2.50 bits per heavy atom. The van der Waals surface area contributed by atoms with Crippen molar-refractivity contribution in [2.24, 2.45) is 0 Å². The molecule has 0 saturated carbocycles. The molecular weight excluding hydrogens is 154 g/mol. The zero-order valence-electron chi connectivity index (χ0n) is 7.01. The van der Waals surface area contributed by atoms with Crippen LogP contribution in [0.3, 0.4) is 0 Å². The summed E-state index contributed by atoms with van der Waals surface area (Å²) < 4.78 is 5.59. The maximum absolute atomic E-state index is 11.1. The lowest BCUT2D eigenvalue weighted by atomic mass is 9.85. The Morgan fingerprint density at radius 3 is 3.17 bits per heavy atom. The van der Waals surface area contributed by atoms with Crippen LogP contribution in [0.5, 0.6) is 0 Å². The predicted molar refractivity (Wildman–Crippen MR) is 44.7 cm³/mol. The van der Waals surface area contributed by atoms with Gasteiger partial charge in [0.25, 0.3) is 0 Å². The zero-order valence-corrected chi connectivity index (χ0v) is 7.01. The van der Waals surface area contributed by atoms with Crippen molar-refractivity contribution in [3.63, 3.8) is 0 Å². The van der Waals surface area contributed by atoms with Crippen molar-refractivity contribution < 1.29 is 9.53 Å². The molecule has 12 heavy (non-hydrogen) atoms. The lowest BCUT2D eigenvalue weighted by Crippen LogP contribution is -2.46. The quantitative estimate of drug-likeness (QED) is 0.574. The molecule has 0 aromatic carbocycles. The van der Waals surface area contributed by atoms with Crippen molar-refractivity contribution in [1.29, 1.82) is 0 Å². The van der Waals surface area contributed by atoms with Crippen LogP contribution < -0.4 is 5.32 Å². The van der Waals surface area contributed by atoms with Crippen LogP contribution in [-0.4, -0.2) is 24.7 Å². The minimum absolute atomic E-state index is 0.170. The smallest absolute Gasteiger partial charge is 0.158 e. The molecule has 1 saturated heterocycles. The summed E-state index contributed by atoms with van der Waals surface area (Å²) >= 11 is 0. The third kappa shape index (κ3) is 1.42. The molecule has 2 aliphatic rings. The number of nitrogens with one attached hydrogen (secondary N) is 1. The Labute approximate surface area is 71.8 Å². The standard InChI is InChI=1S/C9H13NO2/c11-8-2-1-3-9(6-8)4-5-10-7-12-9/h1-2,10H,3-7H2. The normalized spacial score (nSPS) is 35.8. The summed E-state index contributed by atoms with van der Waals surface area (Å²) in [7, 11) is 0. The van der Waals surface area contributed by atoms with Crippen LogP contribution >= 0.6 is 0 Å². The Kier molecular flexibility index (Phi) is 1.98. The number of carbonyl (C=O) groups excluding carboxylic acids is 1. The number of rotatable bonds is 0. The van der Waals surface area contributed by atoms with Gasteiger partial charge in [0.2, 0.25) is 0 Å². The van der Waals surface area contributed by atoms with Crippen LogP contribution in [0.1, 0.15) is 19.3 Å².